The smallest absolute Gasteiger partial charge is 0.174 e. The third-order valence-electron chi connectivity index (χ3n) is 4.42. The van der Waals surface area contributed by atoms with E-state index in [2.05, 4.69) is 34.0 Å². The van der Waals surface area contributed by atoms with E-state index >= 15 is 0 Å². The number of anilines is 1. The maximum Gasteiger partial charge on any atom is 0.174 e. The minimum absolute atomic E-state index is 0.325. The van der Waals surface area contributed by atoms with Gasteiger partial charge in [0, 0.05) is 32.9 Å². The lowest BCUT2D eigenvalue weighted by molar-refractivity contribution is 0.267. The fourth-order valence-electron chi connectivity index (χ4n) is 2.82. The highest BCUT2D eigenvalue weighted by Gasteiger charge is 2.14. The van der Waals surface area contributed by atoms with Gasteiger partial charge in [-0.05, 0) is 84.0 Å². The van der Waals surface area contributed by atoms with E-state index in [4.69, 9.17) is 44.3 Å². The molecule has 158 valence electrons. The van der Waals surface area contributed by atoms with E-state index in [0.717, 1.165) is 31.0 Å². The maximum atomic E-state index is 6.27. The lowest BCUT2D eigenvalue weighted by Gasteiger charge is -2.17. The molecule has 1 N–H and O–H groups in total. The van der Waals surface area contributed by atoms with Crippen molar-refractivity contribution in [1.82, 2.24) is 0 Å². The molecule has 0 spiro atoms. The molecule has 0 amide bonds. The Hall–Kier alpha value is -1.34. The van der Waals surface area contributed by atoms with E-state index < -0.39 is 0 Å². The Balaban J connectivity index is 1.76. The molecule has 0 atom stereocenters. The molecule has 0 saturated heterocycles. The fraction of sp³-hybridized carbons (Fsp3) is 0.217. The minimum atomic E-state index is 0.325. The summed E-state index contributed by atoms with van der Waals surface area (Å²) in [5.74, 6) is 1.40. The van der Waals surface area contributed by atoms with Crippen LogP contribution >= 0.6 is 57.4 Å². The molecular weight excluding hydrogens is 556 g/mol. The van der Waals surface area contributed by atoms with Crippen LogP contribution in [0.25, 0.3) is 0 Å². The number of halogens is 4. The van der Waals surface area contributed by atoms with Crippen LogP contribution in [0, 0.1) is 10.5 Å². The first-order chi connectivity index (χ1) is 14.4. The highest BCUT2D eigenvalue weighted by Crippen LogP contribution is 2.36. The summed E-state index contributed by atoms with van der Waals surface area (Å²) in [6.45, 7) is 5.44. The standard InChI is InChI=1S/C23H21Cl3INO2/c1-3-29-22-9-15(12-28-18-7-4-14(2)19(25)11-18)8-21(27)23(22)30-13-16-5-6-17(24)10-20(16)26/h4-11,28H,3,12-13H2,1-2H3. The summed E-state index contributed by atoms with van der Waals surface area (Å²) in [7, 11) is 0. The van der Waals surface area contributed by atoms with Gasteiger partial charge in [-0.3, -0.25) is 0 Å². The summed E-state index contributed by atoms with van der Waals surface area (Å²) in [5.41, 5.74) is 3.96. The van der Waals surface area contributed by atoms with E-state index in [9.17, 15) is 0 Å². The zero-order valence-corrected chi connectivity index (χ0v) is 21.0. The molecule has 3 aromatic carbocycles. The van der Waals surface area contributed by atoms with Gasteiger partial charge in [-0.2, -0.15) is 0 Å². The molecule has 0 aromatic heterocycles. The first kappa shape index (κ1) is 23.3. The van der Waals surface area contributed by atoms with E-state index in [1.807, 2.05) is 44.2 Å². The average Bonchev–Trinajstić information content (AvgIpc) is 2.70. The summed E-state index contributed by atoms with van der Waals surface area (Å²) < 4.78 is 12.9. The van der Waals surface area contributed by atoms with Gasteiger partial charge in [-0.1, -0.05) is 46.9 Å². The van der Waals surface area contributed by atoms with Gasteiger partial charge >= 0.3 is 0 Å². The number of hydrogen-bond acceptors (Lipinski definition) is 3. The van der Waals surface area contributed by atoms with E-state index in [1.165, 1.54) is 0 Å². The number of nitrogens with one attached hydrogen (secondary N) is 1. The van der Waals surface area contributed by atoms with Crippen LogP contribution in [0.5, 0.6) is 11.5 Å². The highest BCUT2D eigenvalue weighted by atomic mass is 127. The van der Waals surface area contributed by atoms with Gasteiger partial charge in [-0.25, -0.2) is 0 Å². The SMILES string of the molecule is CCOc1cc(CNc2ccc(C)c(Cl)c2)cc(I)c1OCc1ccc(Cl)cc1Cl. The molecule has 3 nitrogen and oxygen atoms in total. The van der Waals surface area contributed by atoms with Crippen LogP contribution in [0.1, 0.15) is 23.6 Å². The lowest BCUT2D eigenvalue weighted by Crippen LogP contribution is -2.05. The molecule has 0 unspecified atom stereocenters. The Kier molecular flexibility index (Phi) is 8.40. The number of aryl methyl sites for hydroxylation is 1. The third-order valence-corrected chi connectivity index (χ3v) is 6.22. The Morgan fingerprint density at radius 2 is 1.73 bits per heavy atom. The Bertz CT molecular complexity index is 1040. The second kappa shape index (κ2) is 10.8. The monoisotopic (exact) mass is 575 g/mol. The van der Waals surface area contributed by atoms with Crippen LogP contribution in [0.2, 0.25) is 15.1 Å². The first-order valence-corrected chi connectivity index (χ1v) is 11.6. The predicted octanol–water partition coefficient (Wildman–Crippen LogP) is 8.15. The minimum Gasteiger partial charge on any atom is -0.490 e. The van der Waals surface area contributed by atoms with Gasteiger partial charge < -0.3 is 14.8 Å². The Labute approximate surface area is 205 Å². The second-order valence-corrected chi connectivity index (χ2v) is 9.09. The third kappa shape index (κ3) is 6.10. The summed E-state index contributed by atoms with van der Waals surface area (Å²) in [5, 5.41) is 5.32. The zero-order chi connectivity index (χ0) is 21.7. The van der Waals surface area contributed by atoms with Crippen molar-refractivity contribution in [3.63, 3.8) is 0 Å². The van der Waals surface area contributed by atoms with Crippen LogP contribution in [0.3, 0.4) is 0 Å². The normalized spacial score (nSPS) is 10.7. The van der Waals surface area contributed by atoms with E-state index in [0.29, 0.717) is 41.3 Å². The molecule has 0 fully saturated rings. The molecule has 0 heterocycles. The molecular formula is C23H21Cl3INO2. The van der Waals surface area contributed by atoms with Gasteiger partial charge in [0.25, 0.3) is 0 Å². The molecule has 0 aliphatic heterocycles. The van der Waals surface area contributed by atoms with E-state index in [-0.39, 0.29) is 0 Å². The summed E-state index contributed by atoms with van der Waals surface area (Å²) >= 11 is 20.7. The second-order valence-electron chi connectivity index (χ2n) is 6.68. The fourth-order valence-corrected chi connectivity index (χ4v) is 4.29. The Morgan fingerprint density at radius 3 is 2.43 bits per heavy atom. The molecule has 30 heavy (non-hydrogen) atoms. The largest absolute Gasteiger partial charge is 0.490 e. The molecule has 0 bridgehead atoms. The molecule has 0 aliphatic carbocycles. The van der Waals surface area contributed by atoms with Crippen LogP contribution in [-0.2, 0) is 13.2 Å². The summed E-state index contributed by atoms with van der Waals surface area (Å²) in [4.78, 5) is 0. The first-order valence-electron chi connectivity index (χ1n) is 9.39. The van der Waals surface area contributed by atoms with Gasteiger partial charge in [0.1, 0.15) is 6.61 Å². The van der Waals surface area contributed by atoms with Gasteiger partial charge in [0.15, 0.2) is 11.5 Å². The topological polar surface area (TPSA) is 30.5 Å². The van der Waals surface area contributed by atoms with Crippen molar-refractivity contribution < 1.29 is 9.47 Å². The van der Waals surface area contributed by atoms with Gasteiger partial charge in [-0.15, -0.1) is 0 Å². The zero-order valence-electron chi connectivity index (χ0n) is 16.6. The predicted molar refractivity (Wildman–Crippen MR) is 135 cm³/mol. The van der Waals surface area contributed by atoms with Crippen molar-refractivity contribution in [2.75, 3.05) is 11.9 Å². The van der Waals surface area contributed by atoms with Crippen LogP contribution in [0.15, 0.2) is 48.5 Å². The summed E-state index contributed by atoms with van der Waals surface area (Å²) in [6, 6.07) is 15.4. The lowest BCUT2D eigenvalue weighted by atomic mass is 10.1. The van der Waals surface area contributed by atoms with E-state index in [1.54, 1.807) is 12.1 Å². The van der Waals surface area contributed by atoms with Crippen LogP contribution in [-0.4, -0.2) is 6.61 Å². The number of hydrogen-bond donors (Lipinski definition) is 1. The molecule has 0 saturated carbocycles. The molecule has 7 heteroatoms. The number of benzene rings is 3. The van der Waals surface area contributed by atoms with Crippen molar-refractivity contribution in [2.45, 2.75) is 27.0 Å². The molecule has 0 aliphatic rings. The quantitative estimate of drug-likeness (QED) is 0.275. The number of ether oxygens (including phenoxy) is 2. The van der Waals surface area contributed by atoms with Crippen molar-refractivity contribution in [2.24, 2.45) is 0 Å². The molecule has 0 radical (unpaired) electrons. The van der Waals surface area contributed by atoms with Gasteiger partial charge in [0.05, 0.1) is 10.2 Å². The number of rotatable bonds is 8. The highest BCUT2D eigenvalue weighted by molar-refractivity contribution is 14.1. The van der Waals surface area contributed by atoms with Gasteiger partial charge in [0.2, 0.25) is 0 Å². The van der Waals surface area contributed by atoms with Crippen molar-refractivity contribution in [3.8, 4) is 11.5 Å². The van der Waals surface area contributed by atoms with Crippen LogP contribution < -0.4 is 14.8 Å². The molecule has 3 rings (SSSR count). The summed E-state index contributed by atoms with van der Waals surface area (Å²) in [6.07, 6.45) is 0. The maximum absolute atomic E-state index is 6.27. The molecule has 3 aromatic rings. The average molecular weight is 577 g/mol. The van der Waals surface area contributed by atoms with Crippen molar-refractivity contribution in [1.29, 1.82) is 0 Å². The van der Waals surface area contributed by atoms with Crippen molar-refractivity contribution >= 4 is 63.1 Å². The van der Waals surface area contributed by atoms with Crippen LogP contribution in [0.4, 0.5) is 5.69 Å². The van der Waals surface area contributed by atoms with Crippen molar-refractivity contribution in [3.05, 3.63) is 83.9 Å². The Morgan fingerprint density at radius 1 is 0.933 bits per heavy atom.